The molecule has 0 N–H and O–H groups in total. The van der Waals surface area contributed by atoms with Gasteiger partial charge in [-0.15, -0.1) is 11.6 Å². The molecule has 0 saturated carbocycles. The van der Waals surface area contributed by atoms with Gasteiger partial charge in [0.05, 0.1) is 11.0 Å². The van der Waals surface area contributed by atoms with Crippen molar-refractivity contribution in [1.82, 2.24) is 9.55 Å². The molecule has 0 spiro atoms. The smallest absolute Gasteiger partial charge is 0.111 e. The molecule has 0 bridgehead atoms. The zero-order valence-electron chi connectivity index (χ0n) is 11.5. The fraction of sp³-hybridized carbons (Fsp3) is 0.533. The standard InChI is InChI=1S/C15H20Cl2N2/c1-3-5-12(4-2)19-14-7-6-11(17)10-13(14)18-15(19)8-9-16/h6-7,10,12H,3-5,8-9H2,1-2H3. The van der Waals surface area contributed by atoms with E-state index in [9.17, 15) is 0 Å². The van der Waals surface area contributed by atoms with Gasteiger partial charge in [-0.2, -0.15) is 0 Å². The molecule has 0 fully saturated rings. The second kappa shape index (κ2) is 6.62. The number of aryl methyl sites for hydroxylation is 1. The summed E-state index contributed by atoms with van der Waals surface area (Å²) in [7, 11) is 0. The highest BCUT2D eigenvalue weighted by atomic mass is 35.5. The van der Waals surface area contributed by atoms with Crippen molar-refractivity contribution in [3.8, 4) is 0 Å². The molecule has 0 aliphatic rings. The Morgan fingerprint density at radius 1 is 1.32 bits per heavy atom. The van der Waals surface area contributed by atoms with Gasteiger partial charge in [-0.1, -0.05) is 31.9 Å². The highest BCUT2D eigenvalue weighted by molar-refractivity contribution is 6.31. The molecule has 1 aromatic heterocycles. The summed E-state index contributed by atoms with van der Waals surface area (Å²) in [5.74, 6) is 1.67. The highest BCUT2D eigenvalue weighted by Crippen LogP contribution is 2.28. The topological polar surface area (TPSA) is 17.8 Å². The molecule has 2 aromatic rings. The lowest BCUT2D eigenvalue weighted by molar-refractivity contribution is 0.445. The highest BCUT2D eigenvalue weighted by Gasteiger charge is 2.17. The van der Waals surface area contributed by atoms with Crippen LogP contribution in [0.25, 0.3) is 11.0 Å². The molecule has 2 rings (SSSR count). The average Bonchev–Trinajstić information content (AvgIpc) is 2.73. The predicted molar refractivity (Wildman–Crippen MR) is 83.4 cm³/mol. The maximum absolute atomic E-state index is 6.06. The van der Waals surface area contributed by atoms with Gasteiger partial charge < -0.3 is 4.57 Å². The van der Waals surface area contributed by atoms with Crippen molar-refractivity contribution in [2.24, 2.45) is 0 Å². The second-order valence-corrected chi connectivity index (χ2v) is 5.64. The Morgan fingerprint density at radius 3 is 2.74 bits per heavy atom. The minimum absolute atomic E-state index is 0.495. The summed E-state index contributed by atoms with van der Waals surface area (Å²) in [4.78, 5) is 4.71. The number of aromatic nitrogens is 2. The first-order valence-corrected chi connectivity index (χ1v) is 7.84. The van der Waals surface area contributed by atoms with Crippen LogP contribution >= 0.6 is 23.2 Å². The van der Waals surface area contributed by atoms with E-state index in [0.717, 1.165) is 29.2 Å². The Balaban J connectivity index is 2.56. The Bertz CT molecular complexity index is 548. The number of hydrogen-bond acceptors (Lipinski definition) is 1. The molecule has 0 saturated heterocycles. The van der Waals surface area contributed by atoms with Gasteiger partial charge in [0.1, 0.15) is 5.82 Å². The summed E-state index contributed by atoms with van der Waals surface area (Å²) in [5, 5.41) is 0.734. The van der Waals surface area contributed by atoms with E-state index in [1.165, 1.54) is 18.4 Å². The Hall–Kier alpha value is -0.730. The van der Waals surface area contributed by atoms with E-state index in [1.807, 2.05) is 12.1 Å². The zero-order chi connectivity index (χ0) is 13.8. The lowest BCUT2D eigenvalue weighted by atomic mass is 10.1. The molecule has 0 amide bonds. The van der Waals surface area contributed by atoms with Gasteiger partial charge in [0.25, 0.3) is 0 Å². The molecule has 1 unspecified atom stereocenters. The number of hydrogen-bond donors (Lipinski definition) is 0. The first-order chi connectivity index (χ1) is 9.21. The summed E-state index contributed by atoms with van der Waals surface area (Å²) in [6.45, 7) is 4.45. The van der Waals surface area contributed by atoms with Gasteiger partial charge in [-0.05, 0) is 31.0 Å². The molecule has 0 aliphatic heterocycles. The first-order valence-electron chi connectivity index (χ1n) is 6.93. The number of imidazole rings is 1. The third-order valence-corrected chi connectivity index (χ3v) is 3.93. The number of rotatable bonds is 6. The second-order valence-electron chi connectivity index (χ2n) is 4.82. The number of halogens is 2. The fourth-order valence-corrected chi connectivity index (χ4v) is 2.97. The van der Waals surface area contributed by atoms with E-state index in [0.29, 0.717) is 11.9 Å². The van der Waals surface area contributed by atoms with Crippen LogP contribution in [0.5, 0.6) is 0 Å². The van der Waals surface area contributed by atoms with Crippen LogP contribution in [0.2, 0.25) is 5.02 Å². The largest absolute Gasteiger partial charge is 0.325 e. The maximum Gasteiger partial charge on any atom is 0.111 e. The number of fused-ring (bicyclic) bond motifs is 1. The van der Waals surface area contributed by atoms with Crippen LogP contribution in [-0.4, -0.2) is 15.4 Å². The van der Waals surface area contributed by atoms with Crippen molar-refractivity contribution in [3.05, 3.63) is 29.0 Å². The van der Waals surface area contributed by atoms with Crippen molar-refractivity contribution in [3.63, 3.8) is 0 Å². The molecular formula is C15H20Cl2N2. The summed E-state index contributed by atoms with van der Waals surface area (Å²) in [6, 6.07) is 6.44. The van der Waals surface area contributed by atoms with Crippen LogP contribution in [-0.2, 0) is 6.42 Å². The Labute approximate surface area is 124 Å². The lowest BCUT2D eigenvalue weighted by Gasteiger charge is -2.19. The third kappa shape index (κ3) is 3.06. The fourth-order valence-electron chi connectivity index (χ4n) is 2.64. The van der Waals surface area contributed by atoms with Gasteiger partial charge in [0, 0.05) is 23.4 Å². The minimum Gasteiger partial charge on any atom is -0.325 e. The molecule has 19 heavy (non-hydrogen) atoms. The summed E-state index contributed by atoms with van der Waals surface area (Å²) >= 11 is 12.0. The number of alkyl halides is 1. The Kier molecular flexibility index (Phi) is 5.12. The van der Waals surface area contributed by atoms with E-state index >= 15 is 0 Å². The molecule has 1 heterocycles. The average molecular weight is 299 g/mol. The van der Waals surface area contributed by atoms with E-state index in [4.69, 9.17) is 28.2 Å². The van der Waals surface area contributed by atoms with Crippen LogP contribution < -0.4 is 0 Å². The van der Waals surface area contributed by atoms with E-state index in [1.54, 1.807) is 0 Å². The molecule has 1 atom stereocenters. The lowest BCUT2D eigenvalue weighted by Crippen LogP contribution is -2.12. The number of nitrogens with zero attached hydrogens (tertiary/aromatic N) is 2. The van der Waals surface area contributed by atoms with Crippen molar-refractivity contribution in [2.75, 3.05) is 5.88 Å². The van der Waals surface area contributed by atoms with Gasteiger partial charge in [0.15, 0.2) is 0 Å². The Morgan fingerprint density at radius 2 is 2.11 bits per heavy atom. The van der Waals surface area contributed by atoms with Gasteiger partial charge >= 0.3 is 0 Å². The zero-order valence-corrected chi connectivity index (χ0v) is 13.0. The molecule has 104 valence electrons. The van der Waals surface area contributed by atoms with Gasteiger partial charge in [-0.25, -0.2) is 4.98 Å². The third-order valence-electron chi connectivity index (χ3n) is 3.50. The van der Waals surface area contributed by atoms with E-state index < -0.39 is 0 Å². The minimum atomic E-state index is 0.495. The molecule has 0 radical (unpaired) electrons. The molecule has 1 aromatic carbocycles. The SMILES string of the molecule is CCCC(CC)n1c(CCCl)nc2cc(Cl)ccc21. The predicted octanol–water partition coefficient (Wildman–Crippen LogP) is 5.22. The van der Waals surface area contributed by atoms with Crippen LogP contribution in [0.15, 0.2) is 18.2 Å². The van der Waals surface area contributed by atoms with Gasteiger partial charge in [0.2, 0.25) is 0 Å². The van der Waals surface area contributed by atoms with Crippen LogP contribution in [0.4, 0.5) is 0 Å². The first kappa shape index (κ1) is 14.7. The molecular weight excluding hydrogens is 279 g/mol. The number of benzene rings is 1. The van der Waals surface area contributed by atoms with Crippen LogP contribution in [0, 0.1) is 0 Å². The van der Waals surface area contributed by atoms with Crippen molar-refractivity contribution in [2.45, 2.75) is 45.6 Å². The molecule has 4 heteroatoms. The van der Waals surface area contributed by atoms with E-state index in [-0.39, 0.29) is 0 Å². The van der Waals surface area contributed by atoms with Crippen molar-refractivity contribution in [1.29, 1.82) is 0 Å². The van der Waals surface area contributed by atoms with Gasteiger partial charge in [-0.3, -0.25) is 0 Å². The monoisotopic (exact) mass is 298 g/mol. The normalized spacial score (nSPS) is 13.1. The summed E-state index contributed by atoms with van der Waals surface area (Å²) < 4.78 is 2.36. The van der Waals surface area contributed by atoms with Crippen molar-refractivity contribution < 1.29 is 0 Å². The summed E-state index contributed by atoms with van der Waals surface area (Å²) in [6.07, 6.45) is 4.25. The van der Waals surface area contributed by atoms with Crippen LogP contribution in [0.1, 0.15) is 45.0 Å². The van der Waals surface area contributed by atoms with Crippen LogP contribution in [0.3, 0.4) is 0 Å². The molecule has 2 nitrogen and oxygen atoms in total. The van der Waals surface area contributed by atoms with E-state index in [2.05, 4.69) is 24.5 Å². The van der Waals surface area contributed by atoms with Crippen molar-refractivity contribution >= 4 is 34.2 Å². The summed E-state index contributed by atoms with van der Waals surface area (Å²) in [5.41, 5.74) is 2.15. The molecule has 0 aliphatic carbocycles. The maximum atomic E-state index is 6.06. The quantitative estimate of drug-likeness (QED) is 0.668.